The predicted molar refractivity (Wildman–Crippen MR) is 29.7 cm³/mol. The Morgan fingerprint density at radius 1 is 1.75 bits per heavy atom. The Balaban J connectivity index is 3.05. The Kier molecular flexibility index (Phi) is 4.03. The van der Waals surface area contributed by atoms with Crippen molar-refractivity contribution >= 4 is 11.4 Å². The van der Waals surface area contributed by atoms with Gasteiger partial charge in [-0.1, -0.05) is 13.8 Å². The fourth-order valence-electron chi connectivity index (χ4n) is 0.192. The van der Waals surface area contributed by atoms with Gasteiger partial charge in [0.1, 0.15) is 0 Å². The van der Waals surface area contributed by atoms with Crippen LogP contribution in [0.25, 0.3) is 0 Å². The van der Waals surface area contributed by atoms with Crippen molar-refractivity contribution in [3.8, 4) is 0 Å². The Bertz CT molecular complexity index is 81.4. The topological polar surface area (TPSA) is 49.4 Å². The molecular weight excluding hydrogens is 128 g/mol. The van der Waals surface area contributed by atoms with E-state index in [9.17, 15) is 8.76 Å². The van der Waals surface area contributed by atoms with Crippen molar-refractivity contribution in [2.75, 3.05) is 6.61 Å². The van der Waals surface area contributed by atoms with Crippen LogP contribution in [0.15, 0.2) is 0 Å². The maximum absolute atomic E-state index is 9.68. The molecule has 1 unspecified atom stereocenters. The Morgan fingerprint density at radius 3 is 2.38 bits per heavy atom. The molecule has 3 nitrogen and oxygen atoms in total. The maximum atomic E-state index is 9.68. The molecule has 0 amide bonds. The zero-order valence-electron chi connectivity index (χ0n) is 4.92. The van der Waals surface area contributed by atoms with Gasteiger partial charge in [-0.15, -0.1) is 0 Å². The molecule has 0 radical (unpaired) electrons. The Morgan fingerprint density at radius 2 is 2.25 bits per heavy atom. The van der Waals surface area contributed by atoms with Gasteiger partial charge in [-0.05, 0) is 5.92 Å². The van der Waals surface area contributed by atoms with Crippen LogP contribution in [0.1, 0.15) is 13.8 Å². The van der Waals surface area contributed by atoms with E-state index in [1.807, 2.05) is 13.8 Å². The summed E-state index contributed by atoms with van der Waals surface area (Å²) < 4.78 is 23.6. The van der Waals surface area contributed by atoms with Gasteiger partial charge in [0.25, 0.3) is 0 Å². The molecule has 0 aliphatic rings. The molecule has 0 saturated carbocycles. The zero-order valence-corrected chi connectivity index (χ0v) is 5.73. The zero-order chi connectivity index (χ0) is 6.57. The van der Waals surface area contributed by atoms with E-state index < -0.39 is 11.4 Å². The molecule has 0 heterocycles. The summed E-state index contributed by atoms with van der Waals surface area (Å²) in [6, 6.07) is 0. The lowest BCUT2D eigenvalue weighted by Gasteiger charge is -2.06. The highest BCUT2D eigenvalue weighted by molar-refractivity contribution is 7.74. The second kappa shape index (κ2) is 4.00. The van der Waals surface area contributed by atoms with E-state index in [-0.39, 0.29) is 12.5 Å². The molecule has 1 atom stereocenters. The predicted octanol–water partition coefficient (Wildman–Crippen LogP) is 0.453. The first-order valence-corrected chi connectivity index (χ1v) is 3.35. The first-order valence-electron chi connectivity index (χ1n) is 2.35. The summed E-state index contributed by atoms with van der Waals surface area (Å²) in [5, 5.41) is 0. The van der Waals surface area contributed by atoms with E-state index in [4.69, 9.17) is 0 Å². The molecule has 0 aromatic carbocycles. The van der Waals surface area contributed by atoms with Crippen LogP contribution >= 0.6 is 0 Å². The van der Waals surface area contributed by atoms with Crippen molar-refractivity contribution < 1.29 is 12.9 Å². The van der Waals surface area contributed by atoms with Gasteiger partial charge in [0, 0.05) is 0 Å². The third-order valence-corrected chi connectivity index (χ3v) is 0.826. The minimum absolute atomic E-state index is 0.271. The number of hydrogen-bond acceptors (Lipinski definition) is 3. The molecule has 0 saturated heterocycles. The van der Waals surface area contributed by atoms with Crippen LogP contribution < -0.4 is 0 Å². The second-order valence-electron chi connectivity index (χ2n) is 1.88. The summed E-state index contributed by atoms with van der Waals surface area (Å²) in [4.78, 5) is 0. The van der Waals surface area contributed by atoms with Crippen molar-refractivity contribution in [1.29, 1.82) is 0 Å². The van der Waals surface area contributed by atoms with Gasteiger partial charge in [-0.2, -0.15) is 0 Å². The highest BCUT2D eigenvalue weighted by Gasteiger charge is 1.90. The van der Waals surface area contributed by atoms with Crippen molar-refractivity contribution in [3.05, 3.63) is 0 Å². The highest BCUT2D eigenvalue weighted by atomic mass is 32.2. The van der Waals surface area contributed by atoms with Crippen molar-refractivity contribution in [1.82, 2.24) is 0 Å². The molecule has 0 aliphatic heterocycles. The van der Waals surface area contributed by atoms with Crippen LogP contribution in [-0.4, -0.2) is 15.4 Å². The standard InChI is InChI=1S/C4H10O3S/c1-4(2)3-7-8(5)6/h4H,3H2,1-2H3,(H,5,6)/p-1. The van der Waals surface area contributed by atoms with E-state index in [0.29, 0.717) is 0 Å². The molecule has 0 aromatic heterocycles. The van der Waals surface area contributed by atoms with E-state index in [2.05, 4.69) is 4.18 Å². The van der Waals surface area contributed by atoms with Crippen LogP contribution in [0.4, 0.5) is 0 Å². The number of rotatable bonds is 3. The molecule has 50 valence electrons. The summed E-state index contributed by atoms with van der Waals surface area (Å²) in [6.45, 7) is 4.04. The first kappa shape index (κ1) is 8.07. The summed E-state index contributed by atoms with van der Waals surface area (Å²) in [6.07, 6.45) is 0. The quantitative estimate of drug-likeness (QED) is 0.531. The molecule has 8 heavy (non-hydrogen) atoms. The van der Waals surface area contributed by atoms with Gasteiger partial charge in [0.05, 0.1) is 18.0 Å². The lowest BCUT2D eigenvalue weighted by atomic mass is 10.2. The molecular formula is C4H9O3S-. The average molecular weight is 137 g/mol. The lowest BCUT2D eigenvalue weighted by molar-refractivity contribution is 0.263. The van der Waals surface area contributed by atoms with Crippen molar-refractivity contribution in [2.45, 2.75) is 13.8 Å². The van der Waals surface area contributed by atoms with Crippen molar-refractivity contribution in [2.24, 2.45) is 5.92 Å². The summed E-state index contributed by atoms with van der Waals surface area (Å²) in [7, 11) is 0. The Labute approximate surface area is 51.5 Å². The fourth-order valence-corrected chi connectivity index (χ4v) is 0.575. The average Bonchev–Trinajstić information content (AvgIpc) is 1.61. The molecule has 0 aliphatic carbocycles. The van der Waals surface area contributed by atoms with E-state index in [1.54, 1.807) is 0 Å². The second-order valence-corrected chi connectivity index (χ2v) is 2.53. The third kappa shape index (κ3) is 6.07. The van der Waals surface area contributed by atoms with Gasteiger partial charge in [-0.25, -0.2) is 4.21 Å². The number of hydrogen-bond donors (Lipinski definition) is 0. The Hall–Kier alpha value is 0.0700. The first-order chi connectivity index (χ1) is 3.63. The molecule has 0 bridgehead atoms. The monoisotopic (exact) mass is 137 g/mol. The van der Waals surface area contributed by atoms with Crippen LogP contribution in [-0.2, 0) is 15.5 Å². The smallest absolute Gasteiger partial charge is 0.0842 e. The fraction of sp³-hybridized carbons (Fsp3) is 1.00. The van der Waals surface area contributed by atoms with Crippen LogP contribution in [0.2, 0.25) is 0 Å². The minimum Gasteiger partial charge on any atom is -0.750 e. The molecule has 4 heteroatoms. The minimum atomic E-state index is -2.34. The maximum Gasteiger partial charge on any atom is 0.0842 e. The third-order valence-electron chi connectivity index (χ3n) is 0.498. The van der Waals surface area contributed by atoms with Gasteiger partial charge in [-0.3, -0.25) is 0 Å². The lowest BCUT2D eigenvalue weighted by Crippen LogP contribution is -2.03. The summed E-state index contributed by atoms with van der Waals surface area (Å²) in [5.74, 6) is 0.271. The molecule has 0 aromatic rings. The van der Waals surface area contributed by atoms with E-state index in [0.717, 1.165) is 0 Å². The van der Waals surface area contributed by atoms with E-state index >= 15 is 0 Å². The molecule has 0 rings (SSSR count). The van der Waals surface area contributed by atoms with Gasteiger partial charge < -0.3 is 8.74 Å². The normalized spacial score (nSPS) is 14.5. The van der Waals surface area contributed by atoms with Crippen molar-refractivity contribution in [3.63, 3.8) is 0 Å². The summed E-state index contributed by atoms with van der Waals surface area (Å²) >= 11 is -2.34. The summed E-state index contributed by atoms with van der Waals surface area (Å²) in [5.41, 5.74) is 0. The van der Waals surface area contributed by atoms with Crippen LogP contribution in [0.3, 0.4) is 0 Å². The van der Waals surface area contributed by atoms with Crippen LogP contribution in [0.5, 0.6) is 0 Å². The molecule has 0 spiro atoms. The highest BCUT2D eigenvalue weighted by Crippen LogP contribution is 1.92. The van der Waals surface area contributed by atoms with Gasteiger partial charge >= 0.3 is 0 Å². The molecule has 0 N–H and O–H groups in total. The van der Waals surface area contributed by atoms with E-state index in [1.165, 1.54) is 0 Å². The van der Waals surface area contributed by atoms with Gasteiger partial charge in [0.15, 0.2) is 0 Å². The molecule has 0 fully saturated rings. The van der Waals surface area contributed by atoms with Gasteiger partial charge in [0.2, 0.25) is 0 Å². The van der Waals surface area contributed by atoms with Crippen LogP contribution in [0, 0.1) is 5.92 Å². The largest absolute Gasteiger partial charge is 0.750 e. The SMILES string of the molecule is CC(C)COS(=O)[O-].